The maximum absolute atomic E-state index is 12.7. The van der Waals surface area contributed by atoms with Gasteiger partial charge in [0.25, 0.3) is 0 Å². The number of rotatable bonds is 7. The van der Waals surface area contributed by atoms with Gasteiger partial charge in [0.05, 0.1) is 31.9 Å². The number of hydrogen-bond donors (Lipinski definition) is 2. The first-order valence-corrected chi connectivity index (χ1v) is 11.0. The number of aromatic amines is 1. The van der Waals surface area contributed by atoms with Gasteiger partial charge in [-0.3, -0.25) is 19.6 Å². The lowest BCUT2D eigenvalue weighted by molar-refractivity contribution is -0.115. The zero-order valence-corrected chi connectivity index (χ0v) is 18.7. The molecule has 0 saturated carbocycles. The van der Waals surface area contributed by atoms with Gasteiger partial charge in [0, 0.05) is 28.9 Å². The maximum Gasteiger partial charge on any atom is 0.249 e. The second-order valence-electron chi connectivity index (χ2n) is 7.17. The largest absolute Gasteiger partial charge is 0.497 e. The van der Waals surface area contributed by atoms with Crippen molar-refractivity contribution in [2.75, 3.05) is 19.5 Å². The second kappa shape index (κ2) is 8.75. The van der Waals surface area contributed by atoms with Gasteiger partial charge in [0.15, 0.2) is 10.8 Å². The molecule has 0 unspecified atom stereocenters. The normalized spacial score (nSPS) is 11.0. The summed E-state index contributed by atoms with van der Waals surface area (Å²) in [5.74, 6) is 1.69. The monoisotopic (exact) mass is 460 g/mol. The highest BCUT2D eigenvalue weighted by atomic mass is 32.1. The Bertz CT molecular complexity index is 1420. The number of carbonyl (C=O) groups is 1. The lowest BCUT2D eigenvalue weighted by Gasteiger charge is -2.07. The molecule has 5 rings (SSSR count). The van der Waals surface area contributed by atoms with E-state index in [4.69, 9.17) is 9.47 Å². The fraction of sp³-hybridized carbons (Fsp3) is 0.130. The Kier molecular flexibility index (Phi) is 5.49. The van der Waals surface area contributed by atoms with Crippen LogP contribution in [-0.4, -0.2) is 44.7 Å². The minimum absolute atomic E-state index is 0.167. The van der Waals surface area contributed by atoms with Crippen LogP contribution in [0.15, 0.2) is 60.1 Å². The van der Waals surface area contributed by atoms with E-state index in [9.17, 15) is 4.79 Å². The predicted octanol–water partition coefficient (Wildman–Crippen LogP) is 4.05. The van der Waals surface area contributed by atoms with Gasteiger partial charge < -0.3 is 9.47 Å². The van der Waals surface area contributed by atoms with Crippen LogP contribution in [0.5, 0.6) is 11.5 Å². The highest BCUT2D eigenvalue weighted by molar-refractivity contribution is 7.15. The summed E-state index contributed by atoms with van der Waals surface area (Å²) in [5, 5.41) is 11.6. The number of thiazole rings is 1. The molecule has 3 aromatic heterocycles. The SMILES string of the molecule is COc1ccc(-c2nc(NC(=O)Cc3csc4nc(-c5ccccc5)cn34)n[nH]2)c(OC)c1. The van der Waals surface area contributed by atoms with Crippen molar-refractivity contribution < 1.29 is 14.3 Å². The Hall–Kier alpha value is -4.18. The molecule has 1 amide bonds. The number of fused-ring (bicyclic) bond motifs is 1. The molecule has 9 nitrogen and oxygen atoms in total. The van der Waals surface area contributed by atoms with Gasteiger partial charge in [-0.1, -0.05) is 30.3 Å². The molecule has 0 fully saturated rings. The maximum atomic E-state index is 12.7. The minimum Gasteiger partial charge on any atom is -0.497 e. The van der Waals surface area contributed by atoms with Crippen molar-refractivity contribution in [2.24, 2.45) is 0 Å². The number of nitrogens with zero attached hydrogens (tertiary/aromatic N) is 4. The van der Waals surface area contributed by atoms with Gasteiger partial charge in [-0.25, -0.2) is 4.98 Å². The second-order valence-corrected chi connectivity index (χ2v) is 8.01. The van der Waals surface area contributed by atoms with Crippen LogP contribution in [-0.2, 0) is 11.2 Å². The van der Waals surface area contributed by atoms with Crippen LogP contribution >= 0.6 is 11.3 Å². The molecule has 0 radical (unpaired) electrons. The summed E-state index contributed by atoms with van der Waals surface area (Å²) in [6, 6.07) is 15.3. The smallest absolute Gasteiger partial charge is 0.249 e. The van der Waals surface area contributed by atoms with Gasteiger partial charge in [-0.2, -0.15) is 4.98 Å². The number of carbonyl (C=O) groups excluding carboxylic acids is 1. The quantitative estimate of drug-likeness (QED) is 0.380. The van der Waals surface area contributed by atoms with E-state index in [0.29, 0.717) is 22.9 Å². The summed E-state index contributed by atoms with van der Waals surface area (Å²) in [6.07, 6.45) is 2.12. The Labute approximate surface area is 193 Å². The molecule has 2 aromatic carbocycles. The van der Waals surface area contributed by atoms with Crippen LogP contribution in [0.2, 0.25) is 0 Å². The number of anilines is 1. The summed E-state index contributed by atoms with van der Waals surface area (Å²) in [6.45, 7) is 0. The molecular weight excluding hydrogens is 440 g/mol. The van der Waals surface area contributed by atoms with E-state index in [1.165, 1.54) is 11.3 Å². The lowest BCUT2D eigenvalue weighted by Crippen LogP contribution is -2.16. The predicted molar refractivity (Wildman–Crippen MR) is 126 cm³/mol. The number of ether oxygens (including phenoxy) is 2. The summed E-state index contributed by atoms with van der Waals surface area (Å²) >= 11 is 1.50. The van der Waals surface area contributed by atoms with Crippen LogP contribution < -0.4 is 14.8 Å². The van der Waals surface area contributed by atoms with E-state index in [2.05, 4.69) is 25.5 Å². The third-order valence-electron chi connectivity index (χ3n) is 5.10. The topological polar surface area (TPSA) is 106 Å². The van der Waals surface area contributed by atoms with Gasteiger partial charge >= 0.3 is 0 Å². The highest BCUT2D eigenvalue weighted by Crippen LogP contribution is 2.31. The number of benzene rings is 2. The van der Waals surface area contributed by atoms with Gasteiger partial charge in [-0.05, 0) is 12.1 Å². The standard InChI is InChI=1S/C23H20N6O3S/c1-31-16-8-9-17(19(11-16)32-2)21-26-22(28-27-21)25-20(30)10-15-13-33-23-24-18(12-29(15)23)14-6-4-3-5-7-14/h3-9,11-13H,10H2,1-2H3,(H2,25,26,27,28,30). The van der Waals surface area contributed by atoms with E-state index in [0.717, 1.165) is 21.9 Å². The number of H-pyrrole nitrogens is 1. The highest BCUT2D eigenvalue weighted by Gasteiger charge is 2.16. The third-order valence-corrected chi connectivity index (χ3v) is 5.98. The van der Waals surface area contributed by atoms with Crippen molar-refractivity contribution in [1.82, 2.24) is 24.6 Å². The van der Waals surface area contributed by atoms with Gasteiger partial charge in [-0.15, -0.1) is 16.4 Å². The molecular formula is C23H20N6O3S. The zero-order valence-electron chi connectivity index (χ0n) is 17.9. The summed E-state index contributed by atoms with van der Waals surface area (Å²) < 4.78 is 12.6. The molecule has 2 N–H and O–H groups in total. The van der Waals surface area contributed by atoms with E-state index >= 15 is 0 Å². The van der Waals surface area contributed by atoms with Crippen molar-refractivity contribution in [1.29, 1.82) is 0 Å². The summed E-state index contributed by atoms with van der Waals surface area (Å²) in [7, 11) is 3.16. The molecule has 166 valence electrons. The number of amides is 1. The fourth-order valence-corrected chi connectivity index (χ4v) is 4.34. The first-order chi connectivity index (χ1) is 16.1. The number of hydrogen-bond acceptors (Lipinski definition) is 7. The van der Waals surface area contributed by atoms with Crippen LogP contribution in [0.4, 0.5) is 5.95 Å². The van der Waals surface area contributed by atoms with E-state index in [1.807, 2.05) is 52.4 Å². The Balaban J connectivity index is 1.31. The van der Waals surface area contributed by atoms with Crippen LogP contribution in [0.25, 0.3) is 27.6 Å². The van der Waals surface area contributed by atoms with E-state index in [-0.39, 0.29) is 18.3 Å². The molecule has 0 spiro atoms. The summed E-state index contributed by atoms with van der Waals surface area (Å²) in [5.41, 5.74) is 3.45. The van der Waals surface area contributed by atoms with Crippen molar-refractivity contribution in [3.63, 3.8) is 0 Å². The van der Waals surface area contributed by atoms with E-state index < -0.39 is 0 Å². The number of aromatic nitrogens is 5. The van der Waals surface area contributed by atoms with Crippen LogP contribution in [0.1, 0.15) is 5.69 Å². The zero-order chi connectivity index (χ0) is 22.8. The Morgan fingerprint density at radius 2 is 1.97 bits per heavy atom. The van der Waals surface area contributed by atoms with Crippen molar-refractivity contribution >= 4 is 28.2 Å². The Morgan fingerprint density at radius 3 is 2.76 bits per heavy atom. The summed E-state index contributed by atoms with van der Waals surface area (Å²) in [4.78, 5) is 22.6. The van der Waals surface area contributed by atoms with Crippen molar-refractivity contribution in [3.8, 4) is 34.1 Å². The molecule has 0 aliphatic carbocycles. The van der Waals surface area contributed by atoms with Crippen LogP contribution in [0.3, 0.4) is 0 Å². The molecule has 5 aromatic rings. The molecule has 0 saturated heterocycles. The van der Waals surface area contributed by atoms with Crippen molar-refractivity contribution in [2.45, 2.75) is 6.42 Å². The van der Waals surface area contributed by atoms with Crippen LogP contribution in [0, 0.1) is 0 Å². The number of nitrogens with one attached hydrogen (secondary N) is 2. The number of imidazole rings is 1. The fourth-order valence-electron chi connectivity index (χ4n) is 3.47. The first-order valence-electron chi connectivity index (χ1n) is 10.1. The average Bonchev–Trinajstić information content (AvgIpc) is 3.57. The van der Waals surface area contributed by atoms with Gasteiger partial charge in [0.1, 0.15) is 11.5 Å². The van der Waals surface area contributed by atoms with E-state index in [1.54, 1.807) is 26.4 Å². The molecule has 33 heavy (non-hydrogen) atoms. The molecule has 0 aliphatic heterocycles. The third kappa shape index (κ3) is 4.15. The molecule has 0 bridgehead atoms. The van der Waals surface area contributed by atoms with Crippen molar-refractivity contribution in [3.05, 3.63) is 65.8 Å². The average molecular weight is 461 g/mol. The molecule has 10 heteroatoms. The molecule has 0 atom stereocenters. The first kappa shape index (κ1) is 20.7. The Morgan fingerprint density at radius 1 is 1.12 bits per heavy atom. The number of methoxy groups -OCH3 is 2. The molecule has 0 aliphatic rings. The van der Waals surface area contributed by atoms with Gasteiger partial charge in [0.2, 0.25) is 11.9 Å². The molecule has 3 heterocycles. The lowest BCUT2D eigenvalue weighted by atomic mass is 10.2. The minimum atomic E-state index is -0.225.